The number of hydrogen-bond acceptors (Lipinski definition) is 2. The quantitative estimate of drug-likeness (QED) is 0.768. The van der Waals surface area contributed by atoms with E-state index in [1.54, 1.807) is 12.1 Å². The highest BCUT2D eigenvalue weighted by Gasteiger charge is 2.14. The standard InChI is InChI=1S/C15H24FNS/c1-12(2)10-17-11-13(8-9-18-3)14-6-4-5-7-15(14)16/h4-7,12-13,17H,8-11H2,1-3H3. The van der Waals surface area contributed by atoms with Crippen molar-refractivity contribution >= 4 is 11.8 Å². The van der Waals surface area contributed by atoms with Crippen LogP contribution in [0.3, 0.4) is 0 Å². The summed E-state index contributed by atoms with van der Waals surface area (Å²) in [7, 11) is 0. The van der Waals surface area contributed by atoms with Crippen molar-refractivity contribution < 1.29 is 4.39 Å². The maximum atomic E-state index is 13.8. The van der Waals surface area contributed by atoms with E-state index in [-0.39, 0.29) is 11.7 Å². The molecule has 0 amide bonds. The van der Waals surface area contributed by atoms with Crippen LogP contribution in [-0.2, 0) is 0 Å². The first-order chi connectivity index (χ1) is 8.65. The zero-order valence-electron chi connectivity index (χ0n) is 11.6. The molecule has 1 unspecified atom stereocenters. The lowest BCUT2D eigenvalue weighted by molar-refractivity contribution is 0.496. The molecule has 0 aliphatic carbocycles. The molecule has 0 bridgehead atoms. The Morgan fingerprint density at radius 2 is 1.94 bits per heavy atom. The lowest BCUT2D eigenvalue weighted by atomic mass is 9.95. The second-order valence-electron chi connectivity index (χ2n) is 5.05. The van der Waals surface area contributed by atoms with Crippen LogP contribution in [0.1, 0.15) is 31.7 Å². The molecule has 3 heteroatoms. The fourth-order valence-electron chi connectivity index (χ4n) is 1.98. The average Bonchev–Trinajstić information content (AvgIpc) is 2.34. The van der Waals surface area contributed by atoms with Gasteiger partial charge in [-0.2, -0.15) is 11.8 Å². The monoisotopic (exact) mass is 269 g/mol. The van der Waals surface area contributed by atoms with Crippen LogP contribution in [0.5, 0.6) is 0 Å². The van der Waals surface area contributed by atoms with E-state index in [9.17, 15) is 4.39 Å². The fourth-order valence-corrected chi connectivity index (χ4v) is 2.50. The lowest BCUT2D eigenvalue weighted by Crippen LogP contribution is -2.26. The topological polar surface area (TPSA) is 12.0 Å². The van der Waals surface area contributed by atoms with E-state index in [1.807, 2.05) is 23.9 Å². The molecule has 0 aliphatic rings. The van der Waals surface area contributed by atoms with Crippen LogP contribution in [-0.4, -0.2) is 25.1 Å². The largest absolute Gasteiger partial charge is 0.316 e. The maximum Gasteiger partial charge on any atom is 0.126 e. The summed E-state index contributed by atoms with van der Waals surface area (Å²) in [6, 6.07) is 7.15. The van der Waals surface area contributed by atoms with Crippen LogP contribution >= 0.6 is 11.8 Å². The predicted octanol–water partition coefficient (Wildman–Crippen LogP) is 3.91. The van der Waals surface area contributed by atoms with Gasteiger partial charge in [-0.25, -0.2) is 4.39 Å². The van der Waals surface area contributed by atoms with Crippen molar-refractivity contribution in [3.63, 3.8) is 0 Å². The number of nitrogens with one attached hydrogen (secondary N) is 1. The molecule has 1 atom stereocenters. The first-order valence-corrected chi connectivity index (χ1v) is 7.98. The zero-order chi connectivity index (χ0) is 13.4. The summed E-state index contributed by atoms with van der Waals surface area (Å²) in [6.07, 6.45) is 3.12. The molecule has 1 rings (SSSR count). The third-order valence-electron chi connectivity index (χ3n) is 2.96. The van der Waals surface area contributed by atoms with Crippen LogP contribution in [0.25, 0.3) is 0 Å². The molecule has 18 heavy (non-hydrogen) atoms. The molecule has 1 N–H and O–H groups in total. The van der Waals surface area contributed by atoms with Gasteiger partial charge in [0.25, 0.3) is 0 Å². The van der Waals surface area contributed by atoms with Gasteiger partial charge in [-0.3, -0.25) is 0 Å². The molecule has 0 saturated heterocycles. The molecule has 0 aromatic heterocycles. The molecule has 102 valence electrons. The van der Waals surface area contributed by atoms with Gasteiger partial charge in [-0.05, 0) is 42.5 Å². The van der Waals surface area contributed by atoms with Gasteiger partial charge in [0, 0.05) is 12.5 Å². The van der Waals surface area contributed by atoms with E-state index in [0.717, 1.165) is 30.8 Å². The van der Waals surface area contributed by atoms with Crippen LogP contribution < -0.4 is 5.32 Å². The summed E-state index contributed by atoms with van der Waals surface area (Å²) in [5.74, 6) is 1.90. The second-order valence-corrected chi connectivity index (χ2v) is 6.04. The van der Waals surface area contributed by atoms with Gasteiger partial charge < -0.3 is 5.32 Å². The molecule has 0 spiro atoms. The second kappa shape index (κ2) is 8.54. The van der Waals surface area contributed by atoms with Gasteiger partial charge >= 0.3 is 0 Å². The highest BCUT2D eigenvalue weighted by molar-refractivity contribution is 7.98. The van der Waals surface area contributed by atoms with E-state index in [2.05, 4.69) is 25.4 Å². The molecule has 1 aromatic rings. The average molecular weight is 269 g/mol. The van der Waals surface area contributed by atoms with Crippen molar-refractivity contribution in [1.82, 2.24) is 5.32 Å². The third-order valence-corrected chi connectivity index (χ3v) is 3.60. The number of thioether (sulfide) groups is 1. The van der Waals surface area contributed by atoms with Gasteiger partial charge in [0.2, 0.25) is 0 Å². The summed E-state index contributed by atoms with van der Waals surface area (Å²) >= 11 is 1.82. The van der Waals surface area contributed by atoms with Crippen molar-refractivity contribution in [3.8, 4) is 0 Å². The molecular weight excluding hydrogens is 245 g/mol. The van der Waals surface area contributed by atoms with Crippen molar-refractivity contribution in [2.75, 3.05) is 25.1 Å². The Labute approximate surface area is 115 Å². The van der Waals surface area contributed by atoms with E-state index in [4.69, 9.17) is 0 Å². The van der Waals surface area contributed by atoms with E-state index in [0.29, 0.717) is 5.92 Å². The number of halogens is 1. The van der Waals surface area contributed by atoms with Crippen LogP contribution in [0.15, 0.2) is 24.3 Å². The maximum absolute atomic E-state index is 13.8. The third kappa shape index (κ3) is 5.40. The molecule has 0 aliphatic heterocycles. The van der Waals surface area contributed by atoms with E-state index < -0.39 is 0 Å². The van der Waals surface area contributed by atoms with Crippen LogP contribution in [0, 0.1) is 11.7 Å². The Morgan fingerprint density at radius 3 is 2.56 bits per heavy atom. The molecule has 0 saturated carbocycles. The van der Waals surface area contributed by atoms with Crippen molar-refractivity contribution in [2.45, 2.75) is 26.2 Å². The highest BCUT2D eigenvalue weighted by Crippen LogP contribution is 2.23. The SMILES string of the molecule is CSCCC(CNCC(C)C)c1ccccc1F. The molecule has 1 nitrogen and oxygen atoms in total. The van der Waals surface area contributed by atoms with Gasteiger partial charge in [0.1, 0.15) is 5.82 Å². The van der Waals surface area contributed by atoms with Gasteiger partial charge in [0.15, 0.2) is 0 Å². The Balaban J connectivity index is 2.62. The predicted molar refractivity (Wildman–Crippen MR) is 79.8 cm³/mol. The number of benzene rings is 1. The van der Waals surface area contributed by atoms with Gasteiger partial charge in [0.05, 0.1) is 0 Å². The van der Waals surface area contributed by atoms with Crippen molar-refractivity contribution in [1.29, 1.82) is 0 Å². The highest BCUT2D eigenvalue weighted by atomic mass is 32.2. The first kappa shape index (κ1) is 15.5. The van der Waals surface area contributed by atoms with Crippen molar-refractivity contribution in [2.24, 2.45) is 5.92 Å². The molecular formula is C15H24FNS. The Hall–Kier alpha value is -0.540. The summed E-state index contributed by atoms with van der Waals surface area (Å²) in [5.41, 5.74) is 0.850. The van der Waals surface area contributed by atoms with Crippen LogP contribution in [0.2, 0.25) is 0 Å². The normalized spacial score (nSPS) is 12.9. The lowest BCUT2D eigenvalue weighted by Gasteiger charge is -2.19. The molecule has 1 aromatic carbocycles. The summed E-state index contributed by atoms with van der Waals surface area (Å²) in [5, 5.41) is 3.44. The Bertz CT molecular complexity index is 341. The summed E-state index contributed by atoms with van der Waals surface area (Å²) in [4.78, 5) is 0. The minimum absolute atomic E-state index is 0.0741. The smallest absolute Gasteiger partial charge is 0.126 e. The van der Waals surface area contributed by atoms with E-state index >= 15 is 0 Å². The van der Waals surface area contributed by atoms with Gasteiger partial charge in [-0.15, -0.1) is 0 Å². The zero-order valence-corrected chi connectivity index (χ0v) is 12.4. The molecule has 0 fully saturated rings. The first-order valence-electron chi connectivity index (χ1n) is 6.59. The molecule has 0 radical (unpaired) electrons. The number of hydrogen-bond donors (Lipinski definition) is 1. The Morgan fingerprint density at radius 1 is 1.22 bits per heavy atom. The summed E-state index contributed by atoms with van der Waals surface area (Å²) in [6.45, 7) is 6.23. The minimum Gasteiger partial charge on any atom is -0.316 e. The van der Waals surface area contributed by atoms with E-state index in [1.165, 1.54) is 0 Å². The fraction of sp³-hybridized carbons (Fsp3) is 0.600. The number of rotatable bonds is 8. The van der Waals surface area contributed by atoms with Crippen molar-refractivity contribution in [3.05, 3.63) is 35.6 Å². The molecule has 0 heterocycles. The minimum atomic E-state index is -0.0741. The Kier molecular flexibility index (Phi) is 7.36. The van der Waals surface area contributed by atoms with Gasteiger partial charge in [-0.1, -0.05) is 32.0 Å². The van der Waals surface area contributed by atoms with Crippen LogP contribution in [0.4, 0.5) is 4.39 Å². The summed E-state index contributed by atoms with van der Waals surface area (Å²) < 4.78 is 13.8.